The number of thiocarbonyl (C=S) groups is 1. The number of anilines is 2. The van der Waals surface area contributed by atoms with Gasteiger partial charge in [0.1, 0.15) is 21.8 Å². The molecular weight excluding hydrogens is 545 g/mol. The van der Waals surface area contributed by atoms with E-state index in [2.05, 4.69) is 21.3 Å². The maximum Gasteiger partial charge on any atom is 0.405 e. The van der Waals surface area contributed by atoms with Crippen LogP contribution >= 0.6 is 23.6 Å². The molecule has 0 aliphatic carbocycles. The van der Waals surface area contributed by atoms with Gasteiger partial charge in [-0.3, -0.25) is 23.9 Å². The highest BCUT2D eigenvalue weighted by Crippen LogP contribution is 2.15. The van der Waals surface area contributed by atoms with Crippen LogP contribution in [-0.2, 0) is 16.1 Å². The fourth-order valence-corrected chi connectivity index (χ4v) is 4.51. The molecular formula is C22H23F3N8O3S2. The third-order valence-corrected chi connectivity index (χ3v) is 6.45. The summed E-state index contributed by atoms with van der Waals surface area (Å²) in [7, 11) is 0. The Hall–Kier alpha value is -3.94. The van der Waals surface area contributed by atoms with Gasteiger partial charge in [-0.1, -0.05) is 6.07 Å². The second-order valence-corrected chi connectivity index (χ2v) is 9.29. The minimum Gasteiger partial charge on any atom is -0.360 e. The number of rotatable bonds is 8. The minimum absolute atomic E-state index is 0.0591. The van der Waals surface area contributed by atoms with E-state index in [-0.39, 0.29) is 28.2 Å². The van der Waals surface area contributed by atoms with Gasteiger partial charge in [0.15, 0.2) is 10.7 Å². The largest absolute Gasteiger partial charge is 0.405 e. The summed E-state index contributed by atoms with van der Waals surface area (Å²) in [4.78, 5) is 39.2. The molecule has 0 bridgehead atoms. The number of hydrogen-bond donors (Lipinski definition) is 5. The van der Waals surface area contributed by atoms with Crippen molar-refractivity contribution < 1.29 is 22.8 Å². The highest BCUT2D eigenvalue weighted by molar-refractivity contribution is 7.80. The van der Waals surface area contributed by atoms with Crippen LogP contribution in [-0.4, -0.2) is 59.0 Å². The van der Waals surface area contributed by atoms with E-state index in [0.717, 1.165) is 15.9 Å². The van der Waals surface area contributed by atoms with E-state index in [9.17, 15) is 32.8 Å². The van der Waals surface area contributed by atoms with Crippen molar-refractivity contribution in [1.29, 1.82) is 5.26 Å². The summed E-state index contributed by atoms with van der Waals surface area (Å²) in [5, 5.41) is 23.1. The van der Waals surface area contributed by atoms with Crippen LogP contribution in [0.5, 0.6) is 0 Å². The highest BCUT2D eigenvalue weighted by atomic mass is 32.1. The van der Waals surface area contributed by atoms with Gasteiger partial charge in [-0.2, -0.15) is 18.4 Å². The first-order valence-electron chi connectivity index (χ1n) is 11.1. The van der Waals surface area contributed by atoms with Crippen molar-refractivity contribution in [2.45, 2.75) is 19.6 Å². The lowest BCUT2D eigenvalue weighted by atomic mass is 10.2. The summed E-state index contributed by atoms with van der Waals surface area (Å²) >= 11 is 5.77. The van der Waals surface area contributed by atoms with Crippen LogP contribution in [0.1, 0.15) is 6.92 Å². The van der Waals surface area contributed by atoms with Gasteiger partial charge < -0.3 is 26.6 Å². The van der Waals surface area contributed by atoms with Crippen molar-refractivity contribution in [1.82, 2.24) is 25.4 Å². The summed E-state index contributed by atoms with van der Waals surface area (Å²) in [5.74, 6) is -1.48. The van der Waals surface area contributed by atoms with E-state index in [1.807, 2.05) is 4.90 Å². The van der Waals surface area contributed by atoms with Crippen molar-refractivity contribution in [3.8, 4) is 6.07 Å². The second kappa shape index (κ2) is 12.5. The molecule has 0 atom stereocenters. The number of nitriles is 1. The first-order chi connectivity index (χ1) is 18.0. The Morgan fingerprint density at radius 2 is 1.95 bits per heavy atom. The number of carbonyl (C=O) groups excluding carboxylic acids is 2. The monoisotopic (exact) mass is 568 g/mol. The number of nitrogens with one attached hydrogen (secondary N) is 5. The molecule has 11 nitrogen and oxygen atoms in total. The van der Waals surface area contributed by atoms with Gasteiger partial charge in [0.25, 0.3) is 11.5 Å². The lowest BCUT2D eigenvalue weighted by Gasteiger charge is -2.28. The molecule has 2 amide bonds. The molecule has 1 aromatic heterocycles. The van der Waals surface area contributed by atoms with Gasteiger partial charge in [-0.15, -0.1) is 11.3 Å². The van der Waals surface area contributed by atoms with Crippen LogP contribution in [0.25, 0.3) is 11.8 Å². The Labute approximate surface area is 223 Å². The third kappa shape index (κ3) is 7.78. The molecule has 0 spiro atoms. The summed E-state index contributed by atoms with van der Waals surface area (Å²) in [6, 6.07) is 8.30. The van der Waals surface area contributed by atoms with Crippen molar-refractivity contribution in [2.24, 2.45) is 0 Å². The van der Waals surface area contributed by atoms with Gasteiger partial charge >= 0.3 is 6.18 Å². The first kappa shape index (κ1) is 28.6. The van der Waals surface area contributed by atoms with Crippen LogP contribution < -0.4 is 41.3 Å². The number of thiazole rings is 1. The normalized spacial score (nSPS) is 15.1. The Bertz CT molecular complexity index is 1440. The van der Waals surface area contributed by atoms with Crippen molar-refractivity contribution >= 4 is 63.6 Å². The fourth-order valence-electron chi connectivity index (χ4n) is 3.29. The van der Waals surface area contributed by atoms with E-state index >= 15 is 0 Å². The third-order valence-electron chi connectivity index (χ3n) is 5.04. The number of nitrogens with zero attached hydrogens (tertiary/aromatic N) is 3. The molecule has 1 aromatic carbocycles. The summed E-state index contributed by atoms with van der Waals surface area (Å²) in [6.45, 7) is 1.08. The Morgan fingerprint density at radius 1 is 1.26 bits per heavy atom. The van der Waals surface area contributed by atoms with Crippen LogP contribution in [0.2, 0.25) is 0 Å². The molecule has 16 heteroatoms. The number of halogens is 3. The smallest absolute Gasteiger partial charge is 0.360 e. The number of alkyl halides is 3. The lowest BCUT2D eigenvalue weighted by molar-refractivity contribution is -0.135. The molecule has 3 rings (SSSR count). The molecule has 1 saturated heterocycles. The molecule has 1 aliphatic heterocycles. The molecule has 1 aliphatic rings. The molecule has 0 radical (unpaired) electrons. The van der Waals surface area contributed by atoms with Crippen LogP contribution in [0.15, 0.2) is 29.1 Å². The van der Waals surface area contributed by atoms with E-state index in [4.69, 9.17) is 12.2 Å². The molecule has 2 heterocycles. The van der Waals surface area contributed by atoms with Crippen molar-refractivity contribution in [2.75, 3.05) is 37.1 Å². The zero-order valence-electron chi connectivity index (χ0n) is 19.9. The lowest BCUT2D eigenvalue weighted by Crippen LogP contribution is -2.55. The van der Waals surface area contributed by atoms with Gasteiger partial charge in [0, 0.05) is 24.1 Å². The number of carbonyl (C=O) groups is 2. The zero-order chi connectivity index (χ0) is 27.9. The predicted octanol–water partition coefficient (Wildman–Crippen LogP) is -0.234. The zero-order valence-corrected chi connectivity index (χ0v) is 21.6. The average Bonchev–Trinajstić information content (AvgIpc) is 3.18. The number of amides is 2. The van der Waals surface area contributed by atoms with E-state index in [0.29, 0.717) is 29.8 Å². The van der Waals surface area contributed by atoms with Crippen LogP contribution in [0.3, 0.4) is 0 Å². The predicted molar refractivity (Wildman–Crippen MR) is 140 cm³/mol. The minimum atomic E-state index is -4.65. The molecule has 0 saturated carbocycles. The standard InChI is InChI=1S/C22H23F3N8O3S2/c1-2-33-19(36)16(38-20(33)15(7-26)18(35)28-10-22(23,24)25)8-27-13-4-3-5-14(6-13)31-17(34)9-32-11-29-21(37)30-12-32/h3-6,8,27H,2,9-12H2,1H3,(H,28,35)(H,31,34)(H2,29,30,37). The van der Waals surface area contributed by atoms with Gasteiger partial charge in [-0.25, -0.2) is 0 Å². The highest BCUT2D eigenvalue weighted by Gasteiger charge is 2.29. The fraction of sp³-hybridized carbons (Fsp3) is 0.318. The molecule has 5 N–H and O–H groups in total. The Balaban J connectivity index is 1.78. The van der Waals surface area contributed by atoms with E-state index in [1.54, 1.807) is 42.6 Å². The number of benzene rings is 1. The van der Waals surface area contributed by atoms with Crippen molar-refractivity contribution in [3.63, 3.8) is 0 Å². The molecule has 2 aromatic rings. The maximum atomic E-state index is 12.8. The first-order valence-corrected chi connectivity index (χ1v) is 12.3. The quantitative estimate of drug-likeness (QED) is 0.273. The molecule has 1 fully saturated rings. The number of hydrogen-bond acceptors (Lipinski definition) is 8. The SMILES string of the molecule is CCn1c(=C(C#N)C(=O)NCC(F)(F)F)sc(=CNc2cccc(NC(=O)CN3CNC(=S)NC3)c2)c1=O. The van der Waals surface area contributed by atoms with Gasteiger partial charge in [0.2, 0.25) is 5.91 Å². The van der Waals surface area contributed by atoms with Crippen LogP contribution in [0.4, 0.5) is 24.5 Å². The topological polar surface area (TPSA) is 143 Å². The van der Waals surface area contributed by atoms with Gasteiger partial charge in [0.05, 0.1) is 19.9 Å². The molecule has 0 unspecified atom stereocenters. The Morgan fingerprint density at radius 3 is 2.58 bits per heavy atom. The van der Waals surface area contributed by atoms with Crippen molar-refractivity contribution in [3.05, 3.63) is 43.8 Å². The van der Waals surface area contributed by atoms with Crippen LogP contribution in [0, 0.1) is 11.3 Å². The maximum absolute atomic E-state index is 12.8. The number of aromatic nitrogens is 1. The van der Waals surface area contributed by atoms with Gasteiger partial charge in [-0.05, 0) is 37.3 Å². The van der Waals surface area contributed by atoms with E-state index < -0.39 is 29.8 Å². The molecule has 38 heavy (non-hydrogen) atoms. The Kier molecular flexibility index (Phi) is 9.45. The summed E-state index contributed by atoms with van der Waals surface area (Å²) < 4.78 is 38.6. The van der Waals surface area contributed by atoms with E-state index in [1.165, 1.54) is 6.20 Å². The second-order valence-electron chi connectivity index (χ2n) is 7.85. The average molecular weight is 569 g/mol. The summed E-state index contributed by atoms with van der Waals surface area (Å²) in [6.07, 6.45) is -3.29. The molecule has 202 valence electrons. The summed E-state index contributed by atoms with van der Waals surface area (Å²) in [5.41, 5.74) is -0.0899.